The predicted octanol–water partition coefficient (Wildman–Crippen LogP) is 2.14. The number of hydrogen-bond acceptors (Lipinski definition) is 2. The largest absolute Gasteiger partial charge is 0.299 e. The van der Waals surface area contributed by atoms with E-state index in [-0.39, 0.29) is 22.5 Å². The van der Waals surface area contributed by atoms with Gasteiger partial charge in [-0.25, -0.2) is 0 Å². The molecule has 0 aromatic rings. The van der Waals surface area contributed by atoms with Gasteiger partial charge in [0.25, 0.3) is 0 Å². The first kappa shape index (κ1) is 9.63. The zero-order valence-corrected chi connectivity index (χ0v) is 8.96. The third kappa shape index (κ3) is 0.969. The molecule has 0 amide bonds. The van der Waals surface area contributed by atoms with Gasteiger partial charge in [0.1, 0.15) is 5.78 Å². The molecule has 0 radical (unpaired) electrons. The quantitative estimate of drug-likeness (QED) is 0.589. The molecule has 14 heavy (non-hydrogen) atoms. The molecule has 0 aromatic heterocycles. The molecular weight excluding hydrogens is 176 g/mol. The van der Waals surface area contributed by atoms with Gasteiger partial charge in [-0.15, -0.1) is 0 Å². The molecule has 2 heteroatoms. The van der Waals surface area contributed by atoms with Crippen molar-refractivity contribution in [3.63, 3.8) is 0 Å². The van der Waals surface area contributed by atoms with Gasteiger partial charge >= 0.3 is 0 Å². The Morgan fingerprint density at radius 2 is 1.93 bits per heavy atom. The number of allylic oxidation sites excluding steroid dienone is 2. The summed E-state index contributed by atoms with van der Waals surface area (Å²) in [5, 5.41) is 0. The second-order valence-electron chi connectivity index (χ2n) is 5.22. The summed E-state index contributed by atoms with van der Waals surface area (Å²) in [6, 6.07) is 0. The van der Waals surface area contributed by atoms with Crippen LogP contribution >= 0.6 is 0 Å². The van der Waals surface area contributed by atoms with Gasteiger partial charge < -0.3 is 0 Å². The van der Waals surface area contributed by atoms with Crippen molar-refractivity contribution >= 4 is 11.6 Å². The maximum absolute atomic E-state index is 11.8. The van der Waals surface area contributed by atoms with Gasteiger partial charge in [-0.05, 0) is 25.3 Å². The number of ketones is 2. The van der Waals surface area contributed by atoms with Crippen LogP contribution in [0.2, 0.25) is 0 Å². The van der Waals surface area contributed by atoms with E-state index in [1.54, 1.807) is 6.08 Å². The molecule has 0 N–H and O–H groups in total. The second kappa shape index (κ2) is 2.56. The third-order valence-corrected chi connectivity index (χ3v) is 4.07. The zero-order chi connectivity index (χ0) is 10.6. The van der Waals surface area contributed by atoms with Crippen LogP contribution in [-0.4, -0.2) is 11.6 Å². The second-order valence-corrected chi connectivity index (χ2v) is 5.22. The van der Waals surface area contributed by atoms with Gasteiger partial charge in [0, 0.05) is 17.3 Å². The Bertz CT molecular complexity index is 338. The van der Waals surface area contributed by atoms with Crippen molar-refractivity contribution in [1.29, 1.82) is 0 Å². The molecule has 2 atom stereocenters. The molecule has 2 aliphatic rings. The van der Waals surface area contributed by atoms with E-state index in [1.807, 2.05) is 26.8 Å². The van der Waals surface area contributed by atoms with Crippen molar-refractivity contribution in [2.75, 3.05) is 0 Å². The molecule has 0 aromatic carbocycles. The molecule has 0 unspecified atom stereocenters. The number of carbonyl (C=O) groups is 2. The fraction of sp³-hybridized carbons (Fsp3) is 0.667. The average Bonchev–Trinajstić information content (AvgIpc) is 2.39. The van der Waals surface area contributed by atoms with E-state index in [0.717, 1.165) is 6.42 Å². The minimum Gasteiger partial charge on any atom is -0.299 e. The topological polar surface area (TPSA) is 34.1 Å². The summed E-state index contributed by atoms with van der Waals surface area (Å²) in [5.41, 5.74) is -0.743. The highest BCUT2D eigenvalue weighted by Crippen LogP contribution is 2.53. The van der Waals surface area contributed by atoms with Crippen molar-refractivity contribution in [3.8, 4) is 0 Å². The van der Waals surface area contributed by atoms with Gasteiger partial charge in [-0.2, -0.15) is 0 Å². The maximum atomic E-state index is 11.8. The van der Waals surface area contributed by atoms with Crippen LogP contribution < -0.4 is 0 Å². The van der Waals surface area contributed by atoms with Crippen molar-refractivity contribution in [3.05, 3.63) is 12.2 Å². The van der Waals surface area contributed by atoms with Crippen LogP contribution in [0.4, 0.5) is 0 Å². The van der Waals surface area contributed by atoms with Crippen LogP contribution in [0.25, 0.3) is 0 Å². The molecule has 0 saturated heterocycles. The minimum atomic E-state index is -0.378. The van der Waals surface area contributed by atoms with Gasteiger partial charge in [0.15, 0.2) is 5.78 Å². The van der Waals surface area contributed by atoms with E-state index < -0.39 is 0 Å². The first-order valence-corrected chi connectivity index (χ1v) is 5.16. The number of carbonyl (C=O) groups excluding carboxylic acids is 2. The Hall–Kier alpha value is -0.920. The summed E-state index contributed by atoms with van der Waals surface area (Å²) in [6.07, 6.45) is 4.90. The highest BCUT2D eigenvalue weighted by molar-refractivity contribution is 6.00. The Morgan fingerprint density at radius 1 is 1.29 bits per heavy atom. The smallest absolute Gasteiger partial charge is 0.161 e. The minimum absolute atomic E-state index is 0.162. The first-order valence-electron chi connectivity index (χ1n) is 5.16. The molecule has 1 fully saturated rings. The number of Topliss-reactive ketones (excluding diaryl/α,β-unsaturated/α-hetero) is 1. The lowest BCUT2D eigenvalue weighted by molar-refractivity contribution is -0.131. The Balaban J connectivity index is 2.52. The SMILES string of the molecule is CC1(C)C(=O)C=C[C@]2(C)C(=O)CC[C@H]12. The number of rotatable bonds is 0. The summed E-state index contributed by atoms with van der Waals surface area (Å²) in [4.78, 5) is 23.5. The van der Waals surface area contributed by atoms with Crippen LogP contribution in [0, 0.1) is 16.7 Å². The van der Waals surface area contributed by atoms with Crippen LogP contribution in [0.1, 0.15) is 33.6 Å². The van der Waals surface area contributed by atoms with E-state index >= 15 is 0 Å². The van der Waals surface area contributed by atoms with Gasteiger partial charge in [-0.1, -0.05) is 19.9 Å². The van der Waals surface area contributed by atoms with Gasteiger partial charge in [0.2, 0.25) is 0 Å². The van der Waals surface area contributed by atoms with E-state index in [4.69, 9.17) is 0 Å². The van der Waals surface area contributed by atoms with Crippen LogP contribution in [0.15, 0.2) is 12.2 Å². The van der Waals surface area contributed by atoms with E-state index in [2.05, 4.69) is 0 Å². The van der Waals surface area contributed by atoms with Crippen LogP contribution in [0.3, 0.4) is 0 Å². The molecule has 76 valence electrons. The summed E-state index contributed by atoms with van der Waals surface area (Å²) < 4.78 is 0. The van der Waals surface area contributed by atoms with Crippen molar-refractivity contribution in [2.24, 2.45) is 16.7 Å². The highest BCUT2D eigenvalue weighted by Gasteiger charge is 2.54. The monoisotopic (exact) mass is 192 g/mol. The fourth-order valence-electron chi connectivity index (χ4n) is 2.99. The average molecular weight is 192 g/mol. The molecule has 1 saturated carbocycles. The van der Waals surface area contributed by atoms with E-state index in [0.29, 0.717) is 12.2 Å². The highest BCUT2D eigenvalue weighted by atomic mass is 16.1. The third-order valence-electron chi connectivity index (χ3n) is 4.07. The number of fused-ring (bicyclic) bond motifs is 1. The standard InChI is InChI=1S/C12H16O2/c1-11(2)8-4-5-10(14)12(8,3)7-6-9(11)13/h6-8H,4-5H2,1-3H3/t8-,12+/m1/s1. The molecule has 2 nitrogen and oxygen atoms in total. The lowest BCUT2D eigenvalue weighted by Gasteiger charge is -2.41. The number of hydrogen-bond donors (Lipinski definition) is 0. The summed E-state index contributed by atoms with van der Waals surface area (Å²) >= 11 is 0. The molecule has 2 rings (SSSR count). The van der Waals surface area contributed by atoms with Gasteiger partial charge in [0.05, 0.1) is 0 Å². The van der Waals surface area contributed by atoms with E-state index in [9.17, 15) is 9.59 Å². The van der Waals surface area contributed by atoms with Crippen molar-refractivity contribution in [1.82, 2.24) is 0 Å². The van der Waals surface area contributed by atoms with E-state index in [1.165, 1.54) is 0 Å². The lowest BCUT2D eigenvalue weighted by Crippen LogP contribution is -2.44. The Kier molecular flexibility index (Phi) is 1.76. The molecule has 2 aliphatic carbocycles. The molecule has 0 aliphatic heterocycles. The summed E-state index contributed by atoms with van der Waals surface area (Å²) in [6.45, 7) is 5.89. The van der Waals surface area contributed by atoms with Crippen LogP contribution in [0.5, 0.6) is 0 Å². The Morgan fingerprint density at radius 3 is 2.57 bits per heavy atom. The Labute approximate surface area is 84.4 Å². The van der Waals surface area contributed by atoms with Gasteiger partial charge in [-0.3, -0.25) is 9.59 Å². The molecule has 0 spiro atoms. The predicted molar refractivity (Wildman–Crippen MR) is 53.8 cm³/mol. The summed E-state index contributed by atoms with van der Waals surface area (Å²) in [7, 11) is 0. The lowest BCUT2D eigenvalue weighted by atomic mass is 9.60. The fourth-order valence-corrected chi connectivity index (χ4v) is 2.99. The first-order chi connectivity index (χ1) is 6.39. The molecule has 0 bridgehead atoms. The molecular formula is C12H16O2. The molecule has 0 heterocycles. The van der Waals surface area contributed by atoms with Crippen LogP contribution in [-0.2, 0) is 9.59 Å². The maximum Gasteiger partial charge on any atom is 0.161 e. The zero-order valence-electron chi connectivity index (χ0n) is 8.96. The van der Waals surface area contributed by atoms with Crippen molar-refractivity contribution in [2.45, 2.75) is 33.6 Å². The summed E-state index contributed by atoms with van der Waals surface area (Å²) in [5.74, 6) is 0.647. The van der Waals surface area contributed by atoms with Crippen molar-refractivity contribution < 1.29 is 9.59 Å². The normalized spacial score (nSPS) is 40.1.